The lowest BCUT2D eigenvalue weighted by molar-refractivity contribution is 0.220. The summed E-state index contributed by atoms with van der Waals surface area (Å²) in [6.45, 7) is 2.03. The van der Waals surface area contributed by atoms with Gasteiger partial charge in [0.1, 0.15) is 6.10 Å². The number of rotatable bonds is 2. The van der Waals surface area contributed by atoms with E-state index in [4.69, 9.17) is 0 Å². The minimum Gasteiger partial charge on any atom is -0.384 e. The van der Waals surface area contributed by atoms with Crippen LogP contribution in [0.5, 0.6) is 0 Å². The molecule has 0 fully saturated rings. The van der Waals surface area contributed by atoms with Crippen LogP contribution in [-0.2, 0) is 0 Å². The van der Waals surface area contributed by atoms with Crippen LogP contribution >= 0.6 is 27.3 Å². The molecule has 0 amide bonds. The standard InChI is InChI=1S/C11H10BrNOS/c1-7-2-9(6-15-7)11(14)8-3-10(12)5-13-4-8/h2-6,11,14H,1H3. The molecule has 15 heavy (non-hydrogen) atoms. The number of pyridine rings is 1. The number of halogens is 1. The second kappa shape index (κ2) is 4.43. The van der Waals surface area contributed by atoms with E-state index in [-0.39, 0.29) is 0 Å². The Kier molecular flexibility index (Phi) is 3.19. The Bertz CT molecular complexity index is 469. The maximum Gasteiger partial charge on any atom is 0.106 e. The second-order valence-corrected chi connectivity index (χ2v) is 5.36. The molecule has 2 aromatic rings. The van der Waals surface area contributed by atoms with E-state index < -0.39 is 6.10 Å². The van der Waals surface area contributed by atoms with Gasteiger partial charge in [-0.1, -0.05) is 0 Å². The van der Waals surface area contributed by atoms with Crippen molar-refractivity contribution in [1.82, 2.24) is 4.98 Å². The van der Waals surface area contributed by atoms with Crippen molar-refractivity contribution in [2.24, 2.45) is 0 Å². The predicted molar refractivity (Wildman–Crippen MR) is 65.1 cm³/mol. The Hall–Kier alpha value is -0.710. The minimum atomic E-state index is -0.583. The predicted octanol–water partition coefficient (Wildman–Crippen LogP) is 3.30. The van der Waals surface area contributed by atoms with Crippen molar-refractivity contribution in [3.63, 3.8) is 0 Å². The summed E-state index contributed by atoms with van der Waals surface area (Å²) in [5.41, 5.74) is 1.74. The molecule has 0 saturated carbocycles. The van der Waals surface area contributed by atoms with Crippen LogP contribution in [0.25, 0.3) is 0 Å². The van der Waals surface area contributed by atoms with Crippen LogP contribution in [0.2, 0.25) is 0 Å². The number of hydrogen-bond donors (Lipinski definition) is 1. The average molecular weight is 284 g/mol. The normalized spacial score (nSPS) is 12.7. The zero-order valence-corrected chi connectivity index (χ0v) is 10.5. The highest BCUT2D eigenvalue weighted by atomic mass is 79.9. The highest BCUT2D eigenvalue weighted by Crippen LogP contribution is 2.26. The molecular formula is C11H10BrNOS. The van der Waals surface area contributed by atoms with Gasteiger partial charge in [-0.25, -0.2) is 0 Å². The molecule has 0 radical (unpaired) electrons. The van der Waals surface area contributed by atoms with E-state index in [1.807, 2.05) is 24.4 Å². The lowest BCUT2D eigenvalue weighted by Crippen LogP contribution is -1.98. The number of nitrogens with zero attached hydrogens (tertiary/aromatic N) is 1. The van der Waals surface area contributed by atoms with Gasteiger partial charge in [0.25, 0.3) is 0 Å². The molecule has 0 saturated heterocycles. The molecule has 2 aromatic heterocycles. The number of aliphatic hydroxyl groups excluding tert-OH is 1. The molecule has 0 bridgehead atoms. The molecule has 1 unspecified atom stereocenters. The Labute approximate surface area is 101 Å². The van der Waals surface area contributed by atoms with Crippen LogP contribution in [0, 0.1) is 6.92 Å². The molecule has 0 aliphatic rings. The largest absolute Gasteiger partial charge is 0.384 e. The first kappa shape index (κ1) is 10.8. The van der Waals surface area contributed by atoms with Gasteiger partial charge in [0.05, 0.1) is 0 Å². The third-order valence-electron chi connectivity index (χ3n) is 2.11. The number of thiophene rings is 1. The van der Waals surface area contributed by atoms with E-state index in [2.05, 4.69) is 20.9 Å². The second-order valence-electron chi connectivity index (χ2n) is 3.33. The van der Waals surface area contributed by atoms with Crippen LogP contribution in [-0.4, -0.2) is 10.1 Å². The van der Waals surface area contributed by atoms with E-state index in [0.717, 1.165) is 15.6 Å². The van der Waals surface area contributed by atoms with Gasteiger partial charge >= 0.3 is 0 Å². The first-order chi connectivity index (χ1) is 7.16. The van der Waals surface area contributed by atoms with Crippen LogP contribution in [0.1, 0.15) is 22.1 Å². The molecule has 1 N–H and O–H groups in total. The van der Waals surface area contributed by atoms with E-state index in [9.17, 15) is 5.11 Å². The molecule has 2 nitrogen and oxygen atoms in total. The maximum atomic E-state index is 10.1. The third kappa shape index (κ3) is 2.45. The minimum absolute atomic E-state index is 0.583. The van der Waals surface area contributed by atoms with E-state index in [1.165, 1.54) is 4.88 Å². The fraction of sp³-hybridized carbons (Fsp3) is 0.182. The number of hydrogen-bond acceptors (Lipinski definition) is 3. The SMILES string of the molecule is Cc1cc(C(O)c2cncc(Br)c2)cs1. The van der Waals surface area contributed by atoms with Crippen molar-refractivity contribution < 1.29 is 5.11 Å². The molecule has 2 heterocycles. The molecule has 0 aliphatic carbocycles. The van der Waals surface area contributed by atoms with E-state index in [0.29, 0.717) is 0 Å². The molecular weight excluding hydrogens is 274 g/mol. The first-order valence-corrected chi connectivity index (χ1v) is 6.17. The molecule has 0 spiro atoms. The zero-order valence-electron chi connectivity index (χ0n) is 8.14. The average Bonchev–Trinajstić information content (AvgIpc) is 2.64. The summed E-state index contributed by atoms with van der Waals surface area (Å²) >= 11 is 4.98. The zero-order chi connectivity index (χ0) is 10.8. The fourth-order valence-corrected chi connectivity index (χ4v) is 2.48. The smallest absolute Gasteiger partial charge is 0.106 e. The van der Waals surface area contributed by atoms with Gasteiger partial charge in [0.2, 0.25) is 0 Å². The van der Waals surface area contributed by atoms with Crippen LogP contribution in [0.15, 0.2) is 34.4 Å². The summed E-state index contributed by atoms with van der Waals surface area (Å²) in [6.07, 6.45) is 2.80. The third-order valence-corrected chi connectivity index (χ3v) is 3.42. The molecule has 0 aliphatic heterocycles. The van der Waals surface area contributed by atoms with Gasteiger partial charge in [-0.15, -0.1) is 11.3 Å². The number of aromatic nitrogens is 1. The highest BCUT2D eigenvalue weighted by molar-refractivity contribution is 9.10. The Morgan fingerprint density at radius 2 is 2.13 bits per heavy atom. The van der Waals surface area contributed by atoms with Gasteiger partial charge in [-0.3, -0.25) is 4.98 Å². The van der Waals surface area contributed by atoms with E-state index in [1.54, 1.807) is 23.7 Å². The van der Waals surface area contributed by atoms with Gasteiger partial charge in [0, 0.05) is 27.3 Å². The van der Waals surface area contributed by atoms with Crippen molar-refractivity contribution >= 4 is 27.3 Å². The van der Waals surface area contributed by atoms with Crippen molar-refractivity contribution in [1.29, 1.82) is 0 Å². The quantitative estimate of drug-likeness (QED) is 0.918. The summed E-state index contributed by atoms with van der Waals surface area (Å²) in [4.78, 5) is 5.24. The van der Waals surface area contributed by atoms with Gasteiger partial charge < -0.3 is 5.11 Å². The van der Waals surface area contributed by atoms with Crippen LogP contribution in [0.3, 0.4) is 0 Å². The van der Waals surface area contributed by atoms with Crippen molar-refractivity contribution in [3.05, 3.63) is 50.4 Å². The highest BCUT2D eigenvalue weighted by Gasteiger charge is 2.12. The summed E-state index contributed by atoms with van der Waals surface area (Å²) in [5, 5.41) is 12.0. The van der Waals surface area contributed by atoms with Crippen molar-refractivity contribution in [2.75, 3.05) is 0 Å². The Morgan fingerprint density at radius 1 is 1.33 bits per heavy atom. The van der Waals surface area contributed by atoms with Gasteiger partial charge in [-0.05, 0) is 45.9 Å². The molecule has 1 atom stereocenters. The lowest BCUT2D eigenvalue weighted by Gasteiger charge is -2.08. The van der Waals surface area contributed by atoms with E-state index >= 15 is 0 Å². The summed E-state index contributed by atoms with van der Waals surface area (Å²) in [7, 11) is 0. The van der Waals surface area contributed by atoms with Crippen LogP contribution < -0.4 is 0 Å². The first-order valence-electron chi connectivity index (χ1n) is 4.50. The van der Waals surface area contributed by atoms with Crippen molar-refractivity contribution in [3.8, 4) is 0 Å². The Balaban J connectivity index is 2.32. The molecule has 2 rings (SSSR count). The number of aliphatic hydroxyl groups is 1. The summed E-state index contributed by atoms with van der Waals surface area (Å²) in [6, 6.07) is 3.88. The monoisotopic (exact) mass is 283 g/mol. The van der Waals surface area contributed by atoms with Crippen molar-refractivity contribution in [2.45, 2.75) is 13.0 Å². The molecule has 0 aromatic carbocycles. The summed E-state index contributed by atoms with van der Waals surface area (Å²) < 4.78 is 0.881. The lowest BCUT2D eigenvalue weighted by atomic mass is 10.1. The van der Waals surface area contributed by atoms with Gasteiger partial charge in [0.15, 0.2) is 0 Å². The fourth-order valence-electron chi connectivity index (χ4n) is 1.38. The topological polar surface area (TPSA) is 33.1 Å². The summed E-state index contributed by atoms with van der Waals surface area (Å²) in [5.74, 6) is 0. The maximum absolute atomic E-state index is 10.1. The van der Waals surface area contributed by atoms with Crippen LogP contribution in [0.4, 0.5) is 0 Å². The number of aryl methyl sites for hydroxylation is 1. The molecule has 78 valence electrons. The Morgan fingerprint density at radius 3 is 2.73 bits per heavy atom. The van der Waals surface area contributed by atoms with Gasteiger partial charge in [-0.2, -0.15) is 0 Å². The molecule has 4 heteroatoms.